The fraction of sp³-hybridized carbons (Fsp3) is 0.545. The number of thioether (sulfide) groups is 1. The molecular formula is C11H14N6O2S. The second kappa shape index (κ2) is 5.61. The summed E-state index contributed by atoms with van der Waals surface area (Å²) in [5.41, 5.74) is 0. The van der Waals surface area contributed by atoms with Gasteiger partial charge in [-0.1, -0.05) is 16.9 Å². The van der Waals surface area contributed by atoms with E-state index < -0.39 is 0 Å². The van der Waals surface area contributed by atoms with Crippen molar-refractivity contribution in [3.05, 3.63) is 11.8 Å². The van der Waals surface area contributed by atoms with Crippen LogP contribution in [0.25, 0.3) is 0 Å². The Hall–Kier alpha value is -1.90. The predicted molar refractivity (Wildman–Crippen MR) is 71.3 cm³/mol. The molecule has 1 amide bonds. The number of rotatable bonds is 6. The van der Waals surface area contributed by atoms with Crippen LogP contribution in [-0.2, 0) is 4.79 Å². The van der Waals surface area contributed by atoms with Gasteiger partial charge in [0.2, 0.25) is 11.1 Å². The maximum absolute atomic E-state index is 11.7. The van der Waals surface area contributed by atoms with Crippen LogP contribution in [0.5, 0.6) is 0 Å². The Kier molecular flexibility index (Phi) is 3.68. The van der Waals surface area contributed by atoms with E-state index in [0.717, 1.165) is 18.0 Å². The molecule has 2 aromatic rings. The van der Waals surface area contributed by atoms with Crippen molar-refractivity contribution in [3.8, 4) is 0 Å². The number of nitrogens with zero attached hydrogens (tertiary/aromatic N) is 5. The van der Waals surface area contributed by atoms with Gasteiger partial charge in [0.1, 0.15) is 5.76 Å². The molecular weight excluding hydrogens is 280 g/mol. The van der Waals surface area contributed by atoms with Gasteiger partial charge < -0.3 is 9.84 Å². The zero-order valence-electron chi connectivity index (χ0n) is 10.9. The van der Waals surface area contributed by atoms with Gasteiger partial charge in [0.25, 0.3) is 0 Å². The van der Waals surface area contributed by atoms with Crippen LogP contribution in [-0.4, -0.2) is 37.0 Å². The summed E-state index contributed by atoms with van der Waals surface area (Å²) in [5, 5.41) is 18.8. The molecule has 1 aliphatic rings. The van der Waals surface area contributed by atoms with E-state index in [9.17, 15) is 4.79 Å². The van der Waals surface area contributed by atoms with Crippen LogP contribution in [0.15, 0.2) is 15.7 Å². The summed E-state index contributed by atoms with van der Waals surface area (Å²) in [7, 11) is 0. The summed E-state index contributed by atoms with van der Waals surface area (Å²) >= 11 is 1.49. The van der Waals surface area contributed by atoms with Gasteiger partial charge in [0.15, 0.2) is 5.82 Å². The van der Waals surface area contributed by atoms with Gasteiger partial charge in [-0.05, 0) is 30.2 Å². The maximum atomic E-state index is 11.7. The van der Waals surface area contributed by atoms with E-state index in [2.05, 4.69) is 26.0 Å². The molecule has 1 fully saturated rings. The van der Waals surface area contributed by atoms with E-state index in [-0.39, 0.29) is 5.91 Å². The van der Waals surface area contributed by atoms with Crippen molar-refractivity contribution in [1.29, 1.82) is 0 Å². The standard InChI is InChI=1S/C11H14N6O2S/c1-7-6-9(14-19-7)12-10(18)4-5-20-11-13-15-16-17(11)8-2-3-8/h6,8H,2-5H2,1H3,(H,12,14,18). The van der Waals surface area contributed by atoms with Gasteiger partial charge in [0.05, 0.1) is 6.04 Å². The van der Waals surface area contributed by atoms with Gasteiger partial charge in [-0.15, -0.1) is 5.10 Å². The van der Waals surface area contributed by atoms with Crippen molar-refractivity contribution < 1.29 is 9.32 Å². The molecule has 8 nitrogen and oxygen atoms in total. The van der Waals surface area contributed by atoms with Gasteiger partial charge >= 0.3 is 0 Å². The van der Waals surface area contributed by atoms with E-state index >= 15 is 0 Å². The van der Waals surface area contributed by atoms with Gasteiger partial charge in [-0.25, -0.2) is 4.68 Å². The minimum atomic E-state index is -0.101. The van der Waals surface area contributed by atoms with Crippen molar-refractivity contribution >= 4 is 23.5 Å². The number of hydrogen-bond acceptors (Lipinski definition) is 7. The minimum absolute atomic E-state index is 0.101. The zero-order valence-corrected chi connectivity index (χ0v) is 11.8. The molecule has 0 aliphatic heterocycles. The summed E-state index contributed by atoms with van der Waals surface area (Å²) < 4.78 is 6.71. The maximum Gasteiger partial charge on any atom is 0.226 e. The Balaban J connectivity index is 1.45. The number of amides is 1. The lowest BCUT2D eigenvalue weighted by Crippen LogP contribution is -2.12. The van der Waals surface area contributed by atoms with Crippen molar-refractivity contribution in [2.45, 2.75) is 37.4 Å². The number of carbonyl (C=O) groups is 1. The largest absolute Gasteiger partial charge is 0.360 e. The first-order valence-electron chi connectivity index (χ1n) is 6.36. The monoisotopic (exact) mass is 294 g/mol. The predicted octanol–water partition coefficient (Wildman–Crippen LogP) is 1.43. The normalized spacial score (nSPS) is 14.4. The van der Waals surface area contributed by atoms with Crippen molar-refractivity contribution in [1.82, 2.24) is 25.4 Å². The first-order chi connectivity index (χ1) is 9.72. The number of aryl methyl sites for hydroxylation is 1. The number of anilines is 1. The second-order valence-corrected chi connectivity index (χ2v) is 5.67. The SMILES string of the molecule is Cc1cc(NC(=O)CCSc2nnnn2C2CC2)no1. The van der Waals surface area contributed by atoms with Crippen LogP contribution < -0.4 is 5.32 Å². The van der Waals surface area contributed by atoms with Gasteiger partial charge in [-0.2, -0.15) is 0 Å². The zero-order chi connectivity index (χ0) is 13.9. The Morgan fingerprint density at radius 2 is 2.45 bits per heavy atom. The van der Waals surface area contributed by atoms with Gasteiger partial charge in [0, 0.05) is 18.2 Å². The van der Waals surface area contributed by atoms with Crippen molar-refractivity contribution in [2.75, 3.05) is 11.1 Å². The highest BCUT2D eigenvalue weighted by Gasteiger charge is 2.27. The van der Waals surface area contributed by atoms with Crippen LogP contribution in [0.4, 0.5) is 5.82 Å². The molecule has 20 heavy (non-hydrogen) atoms. The van der Waals surface area contributed by atoms with Crippen LogP contribution in [0.2, 0.25) is 0 Å². The van der Waals surface area contributed by atoms with E-state index in [4.69, 9.17) is 4.52 Å². The third-order valence-corrected chi connectivity index (χ3v) is 3.75. The smallest absolute Gasteiger partial charge is 0.226 e. The average Bonchev–Trinajstić information content (AvgIpc) is 3.02. The van der Waals surface area contributed by atoms with E-state index in [1.54, 1.807) is 13.0 Å². The summed E-state index contributed by atoms with van der Waals surface area (Å²) in [6.45, 7) is 1.77. The molecule has 0 atom stereocenters. The summed E-state index contributed by atoms with van der Waals surface area (Å²) in [6, 6.07) is 2.12. The second-order valence-electron chi connectivity index (χ2n) is 4.61. The first kappa shape index (κ1) is 13.1. The molecule has 9 heteroatoms. The molecule has 0 spiro atoms. The lowest BCUT2D eigenvalue weighted by Gasteiger charge is -2.02. The Bertz CT molecular complexity index is 606. The average molecular weight is 294 g/mol. The summed E-state index contributed by atoms with van der Waals surface area (Å²) in [6.07, 6.45) is 2.63. The lowest BCUT2D eigenvalue weighted by atomic mass is 10.4. The van der Waals surface area contributed by atoms with E-state index in [1.807, 2.05) is 4.68 Å². The van der Waals surface area contributed by atoms with E-state index in [0.29, 0.717) is 29.8 Å². The molecule has 1 aliphatic carbocycles. The minimum Gasteiger partial charge on any atom is -0.360 e. The molecule has 0 unspecified atom stereocenters. The number of tetrazole rings is 1. The Morgan fingerprint density at radius 3 is 3.15 bits per heavy atom. The van der Waals surface area contributed by atoms with Crippen molar-refractivity contribution in [3.63, 3.8) is 0 Å². The van der Waals surface area contributed by atoms with Gasteiger partial charge in [-0.3, -0.25) is 4.79 Å². The fourth-order valence-electron chi connectivity index (χ4n) is 1.69. The molecule has 0 radical (unpaired) electrons. The number of aromatic nitrogens is 5. The van der Waals surface area contributed by atoms with Crippen LogP contribution in [0.3, 0.4) is 0 Å². The highest BCUT2D eigenvalue weighted by Crippen LogP contribution is 2.36. The molecule has 2 heterocycles. The van der Waals surface area contributed by atoms with Crippen LogP contribution in [0.1, 0.15) is 31.1 Å². The number of nitrogens with one attached hydrogen (secondary N) is 1. The molecule has 1 saturated carbocycles. The Morgan fingerprint density at radius 1 is 1.60 bits per heavy atom. The van der Waals surface area contributed by atoms with Crippen molar-refractivity contribution in [2.24, 2.45) is 0 Å². The topological polar surface area (TPSA) is 98.7 Å². The molecule has 2 aromatic heterocycles. The lowest BCUT2D eigenvalue weighted by molar-refractivity contribution is -0.115. The number of carbonyl (C=O) groups excluding carboxylic acids is 1. The quantitative estimate of drug-likeness (QED) is 0.804. The highest BCUT2D eigenvalue weighted by atomic mass is 32.2. The fourth-order valence-corrected chi connectivity index (χ4v) is 2.58. The molecule has 1 N–H and O–H groups in total. The third kappa shape index (κ3) is 3.16. The van der Waals surface area contributed by atoms with E-state index in [1.165, 1.54) is 11.8 Å². The Labute approximate surface area is 119 Å². The molecule has 3 rings (SSSR count). The highest BCUT2D eigenvalue weighted by molar-refractivity contribution is 7.99. The van der Waals surface area contributed by atoms with Crippen LogP contribution >= 0.6 is 11.8 Å². The summed E-state index contributed by atoms with van der Waals surface area (Å²) in [5.74, 6) is 1.63. The first-order valence-corrected chi connectivity index (χ1v) is 7.35. The number of hydrogen-bond donors (Lipinski definition) is 1. The molecule has 106 valence electrons. The molecule has 0 saturated heterocycles. The summed E-state index contributed by atoms with van der Waals surface area (Å²) in [4.78, 5) is 11.7. The molecule has 0 bridgehead atoms. The van der Waals surface area contributed by atoms with Crippen LogP contribution in [0, 0.1) is 6.92 Å². The molecule has 0 aromatic carbocycles. The third-order valence-electron chi connectivity index (χ3n) is 2.81.